The Labute approximate surface area is 527 Å². The molecule has 0 aromatic rings. The number of carboxylic acid groups (broad SMARTS) is 1. The van der Waals surface area contributed by atoms with Crippen LogP contribution in [0.25, 0.3) is 0 Å². The molecule has 0 aliphatic heterocycles. The molecule has 0 aromatic heterocycles. The quantitative estimate of drug-likeness (QED) is 0.0329. The zero-order valence-corrected chi connectivity index (χ0v) is 53.2. The number of hydrogen-bond acceptors (Lipinski definition) is 15. The lowest BCUT2D eigenvalue weighted by molar-refractivity contribution is -0.160. The topological polar surface area (TPSA) is 250 Å². The van der Waals surface area contributed by atoms with Crippen molar-refractivity contribution in [1.29, 1.82) is 0 Å². The van der Waals surface area contributed by atoms with Crippen molar-refractivity contribution < 1.29 is 95.8 Å². The number of aliphatic carboxylic acids is 1. The standard InChI is InChI=1S/C19H30O4.C12H18O4.C11H18O.C10H16O3.C10H16O.C7H10O3.6H2/c1-5-6-7-8-13-14-9-12(14)10-16(13)23-17(20)11-15(18(21)22)19(2,3)4;1-8(13)15-9-5-6-10(7-9)16-11(14)12(2,3)4;1-2-3-4-5-9-10-6-8(10)7-11(9)12;1-10(2,3)9(12)13-8-5-4-7(11)6-8;1-2-3-4-6-9-7-5-8-10(9)11;1-5(8)10-7-3-2-6(9)4-7;;;;;;/h5,12-16H,1,6-11H2,2-4H3,(H,21,22);5-6,9-10H,7H2,1-4H3;2,8-12H,1,3-7H2;4-5,7-8,11H,6H2,1-3H3;2,5,7,9-11H,1,3-4,6,8H2;2-3,6-7,9H,4H2,1H3;6*1H/t12-,13+,14-,15+,16+;9-,10+;8-,9+,10-,11+;7-,8+;9-,10-;6-,7+;;;;;;/m000011....../s1/i;;;;;;6*1+1D. The maximum absolute atomic E-state index is 12.3. The SMILES string of the molecule is C=CCCC[C@@H]1C=CC[C@H]1O.C=CCCC[C@@H]1[C@H]2C[C@H]2C[C@H]1O.C=CCCC[C@@H]1[C@H]2C[C@H]2C[C@H]1OC(=O)C[C@H](C(=O)O)C(C)(C)C.CC(=O)O[C@H]1C=C[C@@H](O)C1.CC(=O)O[C@H]1C=C[C@@H](OC(=O)C(C)(C)C)C1.CC(C)(C)C(=O)O[C@@H]1C=C[C@H](O)C1.[2H][2H].[2H][2H].[2H][2H].[2H][2H].[2H][2H].[2H][2H]. The molecule has 4 saturated carbocycles. The van der Waals surface area contributed by atoms with E-state index in [1.54, 1.807) is 57.2 Å². The lowest BCUT2D eigenvalue weighted by Gasteiger charge is -2.28. The molecule has 0 aromatic carbocycles. The predicted molar refractivity (Wildman–Crippen MR) is 342 cm³/mol. The van der Waals surface area contributed by atoms with Gasteiger partial charge in [-0.25, -0.2) is 0 Å². The van der Waals surface area contributed by atoms with Crippen LogP contribution in [0.5, 0.6) is 0 Å². The molecule has 17 atom stereocenters. The summed E-state index contributed by atoms with van der Waals surface area (Å²) in [6.45, 7) is 30.2. The Hall–Kier alpha value is -5.16. The first-order valence-electron chi connectivity index (χ1n) is 37.2. The summed E-state index contributed by atoms with van der Waals surface area (Å²) in [7, 11) is 0. The van der Waals surface area contributed by atoms with Crippen molar-refractivity contribution in [2.75, 3.05) is 0 Å². The van der Waals surface area contributed by atoms with Crippen LogP contribution in [0.2, 0.25) is 0 Å². The number of aliphatic hydroxyl groups excluding tert-OH is 4. The molecule has 0 bridgehead atoms. The minimum absolute atomic E-state index is 0.00882. The lowest BCUT2D eigenvalue weighted by atomic mass is 9.79. The smallest absolute Gasteiger partial charge is 0.311 e. The summed E-state index contributed by atoms with van der Waals surface area (Å²) in [6.07, 6.45) is 35.3. The highest BCUT2D eigenvalue weighted by Crippen LogP contribution is 2.58. The minimum Gasteiger partial charge on any atom is -0.481 e. The molecule has 8 aliphatic carbocycles. The van der Waals surface area contributed by atoms with E-state index < -0.39 is 40.3 Å². The van der Waals surface area contributed by atoms with E-state index in [1.807, 2.05) is 59.8 Å². The molecule has 5 N–H and O–H groups in total. The zero-order valence-electron chi connectivity index (χ0n) is 65.2. The van der Waals surface area contributed by atoms with Crippen molar-refractivity contribution in [3.05, 3.63) is 86.6 Å². The number of allylic oxidation sites excluding steroid dienone is 3. The molecule has 0 saturated heterocycles. The van der Waals surface area contributed by atoms with E-state index >= 15 is 0 Å². The number of fused-ring (bicyclic) bond motifs is 2. The molecule has 4 fully saturated rings. The number of carbonyl (C=O) groups excluding carboxylic acids is 5. The van der Waals surface area contributed by atoms with E-state index in [1.165, 1.54) is 39.5 Å². The summed E-state index contributed by atoms with van der Waals surface area (Å²) in [6, 6.07) is 0. The monoisotopic (exact) mass is 1220 g/mol. The van der Waals surface area contributed by atoms with Gasteiger partial charge in [-0.2, -0.15) is 0 Å². The van der Waals surface area contributed by atoms with Gasteiger partial charge in [-0.1, -0.05) is 63.3 Å². The fourth-order valence-electron chi connectivity index (χ4n) is 11.6. The van der Waals surface area contributed by atoms with Crippen LogP contribution >= 0.6 is 0 Å². The van der Waals surface area contributed by atoms with E-state index in [4.69, 9.17) is 51.7 Å². The molecule has 0 spiro atoms. The molecule has 8 rings (SSSR count). The number of aliphatic hydroxyl groups is 4. The molecule has 85 heavy (non-hydrogen) atoms. The van der Waals surface area contributed by atoms with Crippen LogP contribution in [-0.4, -0.2) is 116 Å². The van der Waals surface area contributed by atoms with Crippen LogP contribution in [-0.2, 0) is 52.5 Å². The van der Waals surface area contributed by atoms with Gasteiger partial charge in [0.25, 0.3) is 0 Å². The third-order valence-corrected chi connectivity index (χ3v) is 16.6. The number of ether oxygens (including phenoxy) is 5. The van der Waals surface area contributed by atoms with Gasteiger partial charge < -0.3 is 49.2 Å². The second kappa shape index (κ2) is 35.6. The number of unbranched alkanes of at least 4 members (excludes halogenated alkanes) is 3. The van der Waals surface area contributed by atoms with Crippen LogP contribution in [0, 0.1) is 63.6 Å². The molecule has 492 valence electrons. The number of carboxylic acids is 1. The predicted octanol–water partition coefficient (Wildman–Crippen LogP) is 13.5. The van der Waals surface area contributed by atoms with Gasteiger partial charge in [0.2, 0.25) is 0 Å². The molecular formula is C69H120O16. The highest BCUT2D eigenvalue weighted by molar-refractivity contribution is 5.79. The van der Waals surface area contributed by atoms with Gasteiger partial charge in [-0.05, 0) is 197 Å². The third kappa shape index (κ3) is 28.0. The van der Waals surface area contributed by atoms with Crippen molar-refractivity contribution in [3.63, 3.8) is 0 Å². The summed E-state index contributed by atoms with van der Waals surface area (Å²) >= 11 is 0. The fourth-order valence-corrected chi connectivity index (χ4v) is 11.6. The summed E-state index contributed by atoms with van der Waals surface area (Å²) in [4.78, 5) is 67.7. The van der Waals surface area contributed by atoms with Crippen molar-refractivity contribution in [3.8, 4) is 0 Å². The molecule has 8 aliphatic rings. The van der Waals surface area contributed by atoms with Gasteiger partial charge in [0.05, 0.1) is 47.6 Å². The van der Waals surface area contributed by atoms with Crippen LogP contribution in [0.15, 0.2) is 86.6 Å². The van der Waals surface area contributed by atoms with Gasteiger partial charge in [0.1, 0.15) is 30.5 Å². The van der Waals surface area contributed by atoms with Crippen molar-refractivity contribution in [2.45, 2.75) is 247 Å². The van der Waals surface area contributed by atoms with Crippen LogP contribution in [0.1, 0.15) is 210 Å². The van der Waals surface area contributed by atoms with Gasteiger partial charge >= 0.3 is 35.8 Å². The zero-order chi connectivity index (χ0) is 75.8. The normalized spacial score (nSPS) is 31.2. The third-order valence-electron chi connectivity index (χ3n) is 16.6. The van der Waals surface area contributed by atoms with E-state index in [-0.39, 0.29) is 79.0 Å². The van der Waals surface area contributed by atoms with Crippen LogP contribution in [0.4, 0.5) is 0 Å². The van der Waals surface area contributed by atoms with Crippen molar-refractivity contribution in [1.82, 2.24) is 0 Å². The second-order valence-corrected chi connectivity index (χ2v) is 27.4. The first kappa shape index (κ1) is 64.3. The van der Waals surface area contributed by atoms with E-state index in [0.717, 1.165) is 87.9 Å². The Kier molecular flexibility index (Phi) is 26.9. The van der Waals surface area contributed by atoms with Crippen LogP contribution in [0.3, 0.4) is 0 Å². The summed E-state index contributed by atoms with van der Waals surface area (Å²) in [5.41, 5.74) is -1.43. The molecule has 16 heteroatoms. The summed E-state index contributed by atoms with van der Waals surface area (Å²) in [5, 5.41) is 46.5. The number of rotatable bonds is 20. The maximum atomic E-state index is 12.3. The van der Waals surface area contributed by atoms with E-state index in [9.17, 15) is 44.1 Å². The maximum Gasteiger partial charge on any atom is 0.311 e. The number of carbonyl (C=O) groups is 6. The molecule has 0 radical (unpaired) electrons. The molecule has 0 heterocycles. The van der Waals surface area contributed by atoms with Gasteiger partial charge in [-0.3, -0.25) is 28.8 Å². The largest absolute Gasteiger partial charge is 0.481 e. The Morgan fingerprint density at radius 3 is 1.35 bits per heavy atom. The molecule has 0 amide bonds. The number of hydrogen-bond donors (Lipinski definition) is 5. The Morgan fingerprint density at radius 2 is 0.965 bits per heavy atom. The van der Waals surface area contributed by atoms with Crippen molar-refractivity contribution in [2.24, 2.45) is 63.6 Å². The van der Waals surface area contributed by atoms with Crippen molar-refractivity contribution >= 4 is 35.8 Å². The average molecular weight is 1220 g/mol. The first-order valence-corrected chi connectivity index (χ1v) is 31.2. The fraction of sp³-hybridized carbons (Fsp3) is 0.710. The van der Waals surface area contributed by atoms with Gasteiger partial charge in [0, 0.05) is 56.8 Å². The molecule has 16 nitrogen and oxygen atoms in total. The average Bonchev–Trinajstić information content (AvgIpc) is 1.61. The molecule has 0 unspecified atom stereocenters. The van der Waals surface area contributed by atoms with Crippen LogP contribution < -0.4 is 0 Å². The molecular weight excluding hydrogens is 1080 g/mol. The Bertz CT molecular complexity index is 2330. The summed E-state index contributed by atoms with van der Waals surface area (Å²) in [5.74, 6) is 1.66. The Balaban J connectivity index is -0.000000528. The van der Waals surface area contributed by atoms with Gasteiger partial charge in [0.15, 0.2) is 0 Å². The number of esters is 5. The Morgan fingerprint density at radius 1 is 0.541 bits per heavy atom. The highest BCUT2D eigenvalue weighted by atomic mass is 16.6. The minimum atomic E-state index is -0.925. The van der Waals surface area contributed by atoms with E-state index in [2.05, 4.69) is 31.9 Å². The lowest BCUT2D eigenvalue weighted by Crippen LogP contribution is -2.33. The summed E-state index contributed by atoms with van der Waals surface area (Å²) < 4.78 is 85.9. The van der Waals surface area contributed by atoms with E-state index in [0.29, 0.717) is 37.0 Å². The second-order valence-electron chi connectivity index (χ2n) is 27.4. The first-order chi connectivity index (χ1) is 45.8. The van der Waals surface area contributed by atoms with Gasteiger partial charge in [-0.15, -0.1) is 19.7 Å². The highest BCUT2D eigenvalue weighted by Gasteiger charge is 2.55.